The van der Waals surface area contributed by atoms with Crippen LogP contribution in [-0.4, -0.2) is 24.1 Å². The van der Waals surface area contributed by atoms with Gasteiger partial charge in [-0.15, -0.1) is 21.5 Å². The van der Waals surface area contributed by atoms with Crippen LogP contribution >= 0.6 is 23.1 Å². The van der Waals surface area contributed by atoms with Gasteiger partial charge in [-0.2, -0.15) is 4.98 Å². The van der Waals surface area contributed by atoms with E-state index in [1.54, 1.807) is 6.33 Å². The van der Waals surface area contributed by atoms with E-state index in [0.717, 1.165) is 26.2 Å². The lowest BCUT2D eigenvalue weighted by molar-refractivity contribution is 0.788. The molecule has 0 amide bonds. The molecule has 3 heterocycles. The Morgan fingerprint density at radius 2 is 2.18 bits per heavy atom. The maximum absolute atomic E-state index is 12.3. The number of rotatable bonds is 2. The van der Waals surface area contributed by atoms with Crippen LogP contribution < -0.4 is 5.56 Å². The van der Waals surface area contributed by atoms with Gasteiger partial charge in [-0.05, 0) is 36.9 Å². The van der Waals surface area contributed by atoms with Crippen molar-refractivity contribution in [2.45, 2.75) is 17.0 Å². The van der Waals surface area contributed by atoms with Crippen molar-refractivity contribution < 1.29 is 0 Å². The number of aromatic nitrogens is 5. The molecule has 0 bridgehead atoms. The van der Waals surface area contributed by atoms with Crippen molar-refractivity contribution in [1.29, 1.82) is 0 Å². The van der Waals surface area contributed by atoms with Crippen molar-refractivity contribution in [3.05, 3.63) is 46.0 Å². The monoisotopic (exact) mass is 329 g/mol. The van der Waals surface area contributed by atoms with Crippen molar-refractivity contribution in [3.63, 3.8) is 0 Å². The fourth-order valence-corrected chi connectivity index (χ4v) is 3.99. The molecule has 0 atom stereocenters. The van der Waals surface area contributed by atoms with E-state index in [1.165, 1.54) is 23.1 Å². The van der Waals surface area contributed by atoms with Gasteiger partial charge in [-0.3, -0.25) is 9.20 Å². The second kappa shape index (κ2) is 4.92. The van der Waals surface area contributed by atoms with Gasteiger partial charge in [0.15, 0.2) is 10.1 Å². The molecule has 0 aliphatic rings. The Bertz CT molecular complexity index is 1060. The van der Waals surface area contributed by atoms with E-state index in [1.807, 2.05) is 46.5 Å². The smallest absolute Gasteiger partial charge is 0.281 e. The standard InChI is InChI=1S/C14H11N5OS2/c1-8-6-21-13-16-12(20)10-5-9(3-4-11(10)19(8)13)22-14-17-15-7-18(14)2/h3-7H,1-2H3. The first-order valence-corrected chi connectivity index (χ1v) is 8.25. The molecule has 0 N–H and O–H groups in total. The highest BCUT2D eigenvalue weighted by Crippen LogP contribution is 2.28. The van der Waals surface area contributed by atoms with Gasteiger partial charge in [0.1, 0.15) is 6.33 Å². The van der Waals surface area contributed by atoms with Crippen molar-refractivity contribution in [2.24, 2.45) is 7.05 Å². The lowest BCUT2D eigenvalue weighted by Crippen LogP contribution is -2.09. The van der Waals surface area contributed by atoms with Gasteiger partial charge >= 0.3 is 0 Å². The molecule has 4 aromatic rings. The molecular formula is C14H11N5OS2. The number of thiazole rings is 1. The average molecular weight is 329 g/mol. The number of fused-ring (bicyclic) bond motifs is 3. The van der Waals surface area contributed by atoms with Gasteiger partial charge in [-0.25, -0.2) is 0 Å². The summed E-state index contributed by atoms with van der Waals surface area (Å²) in [6, 6.07) is 5.82. The molecule has 0 unspecified atom stereocenters. The topological polar surface area (TPSA) is 65.1 Å². The minimum absolute atomic E-state index is 0.197. The van der Waals surface area contributed by atoms with Gasteiger partial charge in [-0.1, -0.05) is 0 Å². The zero-order valence-corrected chi connectivity index (χ0v) is 13.5. The highest BCUT2D eigenvalue weighted by molar-refractivity contribution is 7.99. The van der Waals surface area contributed by atoms with Crippen molar-refractivity contribution in [3.8, 4) is 0 Å². The van der Waals surface area contributed by atoms with Gasteiger partial charge in [0.05, 0.1) is 10.9 Å². The third-order valence-corrected chi connectivity index (χ3v) is 5.38. The highest BCUT2D eigenvalue weighted by atomic mass is 32.2. The number of aryl methyl sites for hydroxylation is 2. The molecule has 6 nitrogen and oxygen atoms in total. The van der Waals surface area contributed by atoms with Crippen LogP contribution in [0.1, 0.15) is 5.69 Å². The van der Waals surface area contributed by atoms with Crippen LogP contribution in [0.5, 0.6) is 0 Å². The normalized spacial score (nSPS) is 11.5. The first-order valence-electron chi connectivity index (χ1n) is 6.56. The second-order valence-electron chi connectivity index (χ2n) is 4.92. The Morgan fingerprint density at radius 3 is 2.95 bits per heavy atom. The first-order chi connectivity index (χ1) is 10.6. The molecule has 0 aliphatic carbocycles. The molecule has 0 aliphatic heterocycles. The SMILES string of the molecule is Cc1csc2nc(=O)c3cc(Sc4nncn4C)ccc3n12. The summed E-state index contributed by atoms with van der Waals surface area (Å²) < 4.78 is 3.85. The van der Waals surface area contributed by atoms with Crippen LogP contribution in [0, 0.1) is 6.92 Å². The summed E-state index contributed by atoms with van der Waals surface area (Å²) in [4.78, 5) is 18.1. The molecule has 4 rings (SSSR count). The van der Waals surface area contributed by atoms with Gasteiger partial charge < -0.3 is 4.57 Å². The molecule has 0 fully saturated rings. The van der Waals surface area contributed by atoms with Crippen LogP contribution in [0.2, 0.25) is 0 Å². The van der Waals surface area contributed by atoms with Crippen LogP contribution in [0.25, 0.3) is 15.9 Å². The summed E-state index contributed by atoms with van der Waals surface area (Å²) in [5.41, 5.74) is 1.76. The predicted octanol–water partition coefficient (Wildman–Crippen LogP) is 2.50. The van der Waals surface area contributed by atoms with Crippen LogP contribution in [0.4, 0.5) is 0 Å². The van der Waals surface area contributed by atoms with Crippen LogP contribution in [0.3, 0.4) is 0 Å². The van der Waals surface area contributed by atoms with E-state index < -0.39 is 0 Å². The van der Waals surface area contributed by atoms with Crippen molar-refractivity contribution in [1.82, 2.24) is 24.1 Å². The number of hydrogen-bond acceptors (Lipinski definition) is 6. The number of hydrogen-bond donors (Lipinski definition) is 0. The van der Waals surface area contributed by atoms with Crippen LogP contribution in [0.15, 0.2) is 44.8 Å². The molecule has 22 heavy (non-hydrogen) atoms. The Morgan fingerprint density at radius 1 is 1.32 bits per heavy atom. The Kier molecular flexibility index (Phi) is 3.02. The maximum Gasteiger partial charge on any atom is 0.281 e. The Hall–Kier alpha value is -2.19. The van der Waals surface area contributed by atoms with E-state index in [0.29, 0.717) is 5.39 Å². The molecule has 0 spiro atoms. The summed E-state index contributed by atoms with van der Waals surface area (Å²) in [7, 11) is 1.89. The fraction of sp³-hybridized carbons (Fsp3) is 0.143. The van der Waals surface area contributed by atoms with E-state index in [2.05, 4.69) is 15.2 Å². The van der Waals surface area contributed by atoms with Crippen LogP contribution in [-0.2, 0) is 7.05 Å². The third kappa shape index (κ3) is 2.03. The minimum atomic E-state index is -0.197. The molecule has 0 radical (unpaired) electrons. The fourth-order valence-electron chi connectivity index (χ4n) is 2.33. The van der Waals surface area contributed by atoms with E-state index >= 15 is 0 Å². The third-order valence-electron chi connectivity index (χ3n) is 3.39. The molecule has 1 aromatic carbocycles. The summed E-state index contributed by atoms with van der Waals surface area (Å²) in [6.45, 7) is 2.01. The molecule has 0 saturated heterocycles. The van der Waals surface area contributed by atoms with Gasteiger partial charge in [0.25, 0.3) is 5.56 Å². The predicted molar refractivity (Wildman–Crippen MR) is 86.7 cm³/mol. The Labute approximate surface area is 133 Å². The molecule has 3 aromatic heterocycles. The molecular weight excluding hydrogens is 318 g/mol. The molecule has 0 saturated carbocycles. The summed E-state index contributed by atoms with van der Waals surface area (Å²) in [5.74, 6) is 0. The van der Waals surface area contributed by atoms with E-state index in [9.17, 15) is 4.79 Å². The van der Waals surface area contributed by atoms with E-state index in [4.69, 9.17) is 0 Å². The zero-order valence-electron chi connectivity index (χ0n) is 11.8. The number of nitrogens with zero attached hydrogens (tertiary/aromatic N) is 5. The minimum Gasteiger partial charge on any atom is -0.311 e. The summed E-state index contributed by atoms with van der Waals surface area (Å²) >= 11 is 2.95. The van der Waals surface area contributed by atoms with Gasteiger partial charge in [0.2, 0.25) is 0 Å². The van der Waals surface area contributed by atoms with Crippen molar-refractivity contribution >= 4 is 39.0 Å². The second-order valence-corrected chi connectivity index (χ2v) is 6.79. The quantitative estimate of drug-likeness (QED) is 0.565. The summed E-state index contributed by atoms with van der Waals surface area (Å²) in [6.07, 6.45) is 1.65. The van der Waals surface area contributed by atoms with Gasteiger partial charge in [0, 0.05) is 23.0 Å². The lowest BCUT2D eigenvalue weighted by atomic mass is 10.2. The zero-order chi connectivity index (χ0) is 15.3. The molecule has 110 valence electrons. The Balaban J connectivity index is 1.92. The summed E-state index contributed by atoms with van der Waals surface area (Å²) in [5, 5.41) is 11.3. The van der Waals surface area contributed by atoms with Crippen molar-refractivity contribution in [2.75, 3.05) is 0 Å². The largest absolute Gasteiger partial charge is 0.311 e. The first kappa shape index (κ1) is 13.5. The molecule has 8 heteroatoms. The highest BCUT2D eigenvalue weighted by Gasteiger charge is 2.11. The number of benzene rings is 1. The van der Waals surface area contributed by atoms with E-state index in [-0.39, 0.29) is 5.56 Å². The lowest BCUT2D eigenvalue weighted by Gasteiger charge is -2.05. The maximum atomic E-state index is 12.3. The average Bonchev–Trinajstić information content (AvgIpc) is 3.06.